The Morgan fingerprint density at radius 1 is 1.00 bits per heavy atom. The minimum absolute atomic E-state index is 0.811. The second-order valence-electron chi connectivity index (χ2n) is 9.07. The molecule has 0 spiro atoms. The van der Waals surface area contributed by atoms with Crippen LogP contribution in [-0.4, -0.2) is 38.3 Å². The first-order valence-electron chi connectivity index (χ1n) is 11.7. The number of rotatable bonds is 3. The average Bonchev–Trinajstić information content (AvgIpc) is 2.86. The summed E-state index contributed by atoms with van der Waals surface area (Å²) in [4.78, 5) is 3.87. The van der Waals surface area contributed by atoms with Crippen molar-refractivity contribution in [1.29, 1.82) is 0 Å². The predicted molar refractivity (Wildman–Crippen MR) is 134 cm³/mol. The molecule has 1 aliphatic rings. The summed E-state index contributed by atoms with van der Waals surface area (Å²) in [6.45, 7) is 6.41. The van der Waals surface area contributed by atoms with Gasteiger partial charge in [0, 0.05) is 22.7 Å². The van der Waals surface area contributed by atoms with Crippen LogP contribution in [-0.2, 0) is 6.54 Å². The molecule has 0 aliphatic carbocycles. The van der Waals surface area contributed by atoms with E-state index >= 15 is 0 Å². The molecule has 0 saturated carbocycles. The Balaban J connectivity index is 1.85. The Bertz CT molecular complexity index is 1390. The van der Waals surface area contributed by atoms with Gasteiger partial charge in [-0.1, -0.05) is 24.3 Å². The van der Waals surface area contributed by atoms with Crippen LogP contribution in [0.4, 0.5) is 11.4 Å². The van der Waals surface area contributed by atoms with Crippen molar-refractivity contribution in [1.82, 2.24) is 4.91 Å². The standard InChI is InChI=1S/C27H30N6/c1-4-33(3)16-8-15-32-26-18-21(29-19-33)11-14-24(26)23-13-12-22(30-31-28-2)17-25(23)27(32)20-9-6-5-7-10-20/h5-7,9-14,17-18H,4,8,15-16,19H2,1-3H3/q+2/p+1. The van der Waals surface area contributed by atoms with Gasteiger partial charge in [0.15, 0.2) is 24.0 Å². The van der Waals surface area contributed by atoms with Gasteiger partial charge < -0.3 is 9.80 Å². The Kier molecular flexibility index (Phi) is 5.63. The molecule has 5 rings (SSSR count). The van der Waals surface area contributed by atoms with Gasteiger partial charge in [-0.15, -0.1) is 0 Å². The van der Waals surface area contributed by atoms with Crippen molar-refractivity contribution in [3.05, 3.63) is 66.7 Å². The van der Waals surface area contributed by atoms with E-state index < -0.39 is 0 Å². The minimum Gasteiger partial charge on any atom is -0.339 e. The molecule has 1 unspecified atom stereocenters. The number of aryl methyl sites for hydroxylation is 1. The molecule has 6 nitrogen and oxygen atoms in total. The number of nitrogens with zero attached hydrogens (tertiary/aromatic N) is 5. The topological polar surface area (TPSA) is 54.7 Å². The molecule has 3 aromatic carbocycles. The van der Waals surface area contributed by atoms with E-state index in [0.717, 1.165) is 42.9 Å². The van der Waals surface area contributed by atoms with Gasteiger partial charge in [0.05, 0.1) is 37.3 Å². The van der Waals surface area contributed by atoms with Gasteiger partial charge in [-0.05, 0) is 43.3 Å². The normalized spacial score (nSPS) is 18.0. The molecule has 0 saturated heterocycles. The number of nitrogens with one attached hydrogen (secondary N) is 1. The Morgan fingerprint density at radius 2 is 1.82 bits per heavy atom. The van der Waals surface area contributed by atoms with Crippen LogP contribution in [0, 0.1) is 0 Å². The molecule has 1 atom stereocenters. The summed E-state index contributed by atoms with van der Waals surface area (Å²) >= 11 is 0. The molecule has 33 heavy (non-hydrogen) atoms. The van der Waals surface area contributed by atoms with Crippen molar-refractivity contribution >= 4 is 33.1 Å². The predicted octanol–water partition coefficient (Wildman–Crippen LogP) is 5.42. The van der Waals surface area contributed by atoms with Crippen LogP contribution >= 0.6 is 0 Å². The second-order valence-corrected chi connectivity index (χ2v) is 9.07. The lowest BCUT2D eigenvalue weighted by atomic mass is 9.98. The maximum atomic E-state index is 4.28. The smallest absolute Gasteiger partial charge is 0.222 e. The monoisotopic (exact) mass is 439 g/mol. The van der Waals surface area contributed by atoms with E-state index in [0.29, 0.717) is 0 Å². The summed E-state index contributed by atoms with van der Waals surface area (Å²) < 4.78 is 3.52. The highest BCUT2D eigenvalue weighted by atomic mass is 15.4. The Labute approximate surface area is 194 Å². The fourth-order valence-electron chi connectivity index (χ4n) is 4.86. The summed E-state index contributed by atoms with van der Waals surface area (Å²) in [6.07, 6.45) is 1.11. The maximum absolute atomic E-state index is 4.28. The van der Waals surface area contributed by atoms with Crippen molar-refractivity contribution in [2.24, 2.45) is 10.2 Å². The third kappa shape index (κ3) is 3.99. The molecule has 6 heteroatoms. The van der Waals surface area contributed by atoms with Crippen LogP contribution in [0.25, 0.3) is 32.9 Å². The van der Waals surface area contributed by atoms with Crippen LogP contribution in [0.5, 0.6) is 0 Å². The third-order valence-corrected chi connectivity index (χ3v) is 6.91. The van der Waals surface area contributed by atoms with E-state index in [1.54, 1.807) is 7.05 Å². The van der Waals surface area contributed by atoms with Crippen molar-refractivity contribution in [3.63, 3.8) is 0 Å². The molecule has 1 N–H and O–H groups in total. The number of quaternary nitrogens is 1. The van der Waals surface area contributed by atoms with Gasteiger partial charge in [-0.3, -0.25) is 0 Å². The highest BCUT2D eigenvalue weighted by molar-refractivity contribution is 6.10. The number of aromatic nitrogens is 1. The van der Waals surface area contributed by atoms with Crippen molar-refractivity contribution in [2.75, 3.05) is 39.2 Å². The SMILES string of the molecule is CC[N+]1(C)CCC[n+]2c(-c3ccccc3)c3cc(N=[N+]=NC)ccc3c3ccc(cc32)NC1. The van der Waals surface area contributed by atoms with Crippen LogP contribution in [0.15, 0.2) is 77.0 Å². The maximum Gasteiger partial charge on any atom is 0.222 e. The molecule has 0 radical (unpaired) electrons. The van der Waals surface area contributed by atoms with Crippen molar-refractivity contribution in [2.45, 2.75) is 19.9 Å². The van der Waals surface area contributed by atoms with E-state index in [2.05, 4.69) is 99.7 Å². The fourth-order valence-corrected chi connectivity index (χ4v) is 4.86. The molecule has 4 aromatic rings. The Hall–Kier alpha value is -3.60. The number of fused-ring (bicyclic) bond motifs is 3. The first-order chi connectivity index (χ1) is 16.1. The van der Waals surface area contributed by atoms with Crippen molar-refractivity contribution < 1.29 is 9.05 Å². The van der Waals surface area contributed by atoms with Gasteiger partial charge in [0.2, 0.25) is 16.1 Å². The number of benzene rings is 3. The van der Waals surface area contributed by atoms with E-state index in [1.807, 2.05) is 6.07 Å². The molecule has 1 aromatic heterocycles. The lowest BCUT2D eigenvalue weighted by Gasteiger charge is -2.34. The highest BCUT2D eigenvalue weighted by Crippen LogP contribution is 2.35. The molecule has 2 bridgehead atoms. The zero-order valence-corrected chi connectivity index (χ0v) is 19.6. The minimum atomic E-state index is 0.811. The van der Waals surface area contributed by atoms with Gasteiger partial charge in [0.1, 0.15) is 12.2 Å². The summed E-state index contributed by atoms with van der Waals surface area (Å²) in [6, 6.07) is 23.8. The largest absolute Gasteiger partial charge is 0.339 e. The summed E-state index contributed by atoms with van der Waals surface area (Å²) in [5.41, 5.74) is 5.68. The molecule has 2 heterocycles. The number of anilines is 1. The quantitative estimate of drug-likeness (QED) is 0.150. The van der Waals surface area contributed by atoms with Crippen molar-refractivity contribution in [3.8, 4) is 11.3 Å². The zero-order chi connectivity index (χ0) is 22.8. The van der Waals surface area contributed by atoms with Crippen LogP contribution in [0.2, 0.25) is 0 Å². The average molecular weight is 440 g/mol. The van der Waals surface area contributed by atoms with E-state index in [4.69, 9.17) is 0 Å². The number of hydrogen-bond acceptors (Lipinski definition) is 3. The van der Waals surface area contributed by atoms with E-state index in [1.165, 1.54) is 38.6 Å². The van der Waals surface area contributed by atoms with Crippen LogP contribution in [0.1, 0.15) is 13.3 Å². The molecule has 0 amide bonds. The molecule has 166 valence electrons. The lowest BCUT2D eigenvalue weighted by molar-refractivity contribution is -0.906. The second kappa shape index (κ2) is 8.74. The number of pyridine rings is 1. The highest BCUT2D eigenvalue weighted by Gasteiger charge is 2.27. The summed E-state index contributed by atoms with van der Waals surface area (Å²) in [5, 5.41) is 15.4. The van der Waals surface area contributed by atoms with Gasteiger partial charge in [-0.25, -0.2) is 0 Å². The van der Waals surface area contributed by atoms with Crippen LogP contribution < -0.4 is 14.8 Å². The van der Waals surface area contributed by atoms with Gasteiger partial charge in [-0.2, -0.15) is 4.57 Å². The molecule has 0 fully saturated rings. The van der Waals surface area contributed by atoms with Crippen LogP contribution in [0.3, 0.4) is 0 Å². The molecular formula is C27H31N6+3. The zero-order valence-electron chi connectivity index (χ0n) is 19.6. The van der Waals surface area contributed by atoms with E-state index in [-0.39, 0.29) is 0 Å². The third-order valence-electron chi connectivity index (χ3n) is 6.91. The molecular weight excluding hydrogens is 408 g/mol. The fraction of sp³-hybridized carbons (Fsp3) is 0.296. The lowest BCUT2D eigenvalue weighted by Crippen LogP contribution is -2.50. The Morgan fingerprint density at radius 3 is 2.61 bits per heavy atom. The first-order valence-corrected chi connectivity index (χ1v) is 11.7. The van der Waals surface area contributed by atoms with E-state index in [9.17, 15) is 0 Å². The summed E-state index contributed by atoms with van der Waals surface area (Å²) in [7, 11) is 3.98. The first kappa shape index (κ1) is 21.3. The summed E-state index contributed by atoms with van der Waals surface area (Å²) in [5.74, 6) is 0. The molecule has 1 aliphatic heterocycles. The number of hydrogen-bond donors (Lipinski definition) is 1. The van der Waals surface area contributed by atoms with Gasteiger partial charge >= 0.3 is 0 Å². The van der Waals surface area contributed by atoms with Gasteiger partial charge in [0.25, 0.3) is 0 Å².